The van der Waals surface area contributed by atoms with E-state index in [2.05, 4.69) is 9.99 Å². The molecule has 1 saturated heterocycles. The summed E-state index contributed by atoms with van der Waals surface area (Å²) in [6.45, 7) is 1.23. The van der Waals surface area contributed by atoms with Gasteiger partial charge in [-0.15, -0.1) is 0 Å². The molecular formula is C16H18F3NO4. The molecule has 8 heteroatoms. The summed E-state index contributed by atoms with van der Waals surface area (Å²) in [6, 6.07) is 6.45. The van der Waals surface area contributed by atoms with E-state index in [-0.39, 0.29) is 11.6 Å². The number of hydrogen-bond acceptors (Lipinski definition) is 5. The highest BCUT2D eigenvalue weighted by Gasteiger charge is 2.60. The summed E-state index contributed by atoms with van der Waals surface area (Å²) >= 11 is 0. The largest absolute Gasteiger partial charge is 0.458 e. The Labute approximate surface area is 136 Å². The van der Waals surface area contributed by atoms with E-state index >= 15 is 0 Å². The minimum atomic E-state index is -4.92. The molecule has 0 aliphatic carbocycles. The highest BCUT2D eigenvalue weighted by Crippen LogP contribution is 2.39. The van der Waals surface area contributed by atoms with Crippen LogP contribution >= 0.6 is 0 Å². The van der Waals surface area contributed by atoms with Crippen molar-refractivity contribution >= 4 is 5.71 Å². The second kappa shape index (κ2) is 6.34. The number of halogens is 3. The third-order valence-corrected chi connectivity index (χ3v) is 4.45. The standard InChI is InChI=1S/C16H18F3NO4/c17-16(18,19)15(22)9-13(20-24-15)10-1-3-11(4-2-10)14(21)12-5-7-23-8-6-12/h1-4,12,14,21-22H,5-9H2. The van der Waals surface area contributed by atoms with E-state index in [1.165, 1.54) is 0 Å². The number of aliphatic hydroxyl groups excluding tert-OH is 1. The summed E-state index contributed by atoms with van der Waals surface area (Å²) in [4.78, 5) is 4.20. The number of ether oxygens (including phenoxy) is 1. The van der Waals surface area contributed by atoms with Crippen molar-refractivity contribution in [2.75, 3.05) is 13.2 Å². The van der Waals surface area contributed by atoms with Crippen LogP contribution in [0.3, 0.4) is 0 Å². The first-order valence-electron chi connectivity index (χ1n) is 7.70. The van der Waals surface area contributed by atoms with Crippen molar-refractivity contribution in [3.05, 3.63) is 35.4 Å². The maximum Gasteiger partial charge on any atom is 0.458 e. The summed E-state index contributed by atoms with van der Waals surface area (Å²) in [5, 5.41) is 23.2. The number of nitrogens with zero attached hydrogens (tertiary/aromatic N) is 1. The van der Waals surface area contributed by atoms with Gasteiger partial charge in [0.15, 0.2) is 0 Å². The molecule has 132 valence electrons. The minimum Gasteiger partial charge on any atom is -0.388 e. The van der Waals surface area contributed by atoms with Gasteiger partial charge in [-0.3, -0.25) is 0 Å². The van der Waals surface area contributed by atoms with Gasteiger partial charge in [0.2, 0.25) is 0 Å². The Kier molecular flexibility index (Phi) is 4.54. The van der Waals surface area contributed by atoms with Gasteiger partial charge in [-0.1, -0.05) is 29.4 Å². The number of alkyl halides is 3. The fourth-order valence-electron chi connectivity index (χ4n) is 2.91. The molecule has 5 nitrogen and oxygen atoms in total. The Morgan fingerprint density at radius 1 is 1.17 bits per heavy atom. The van der Waals surface area contributed by atoms with E-state index in [0.29, 0.717) is 24.3 Å². The van der Waals surface area contributed by atoms with Crippen LogP contribution in [-0.4, -0.2) is 41.1 Å². The minimum absolute atomic E-state index is 0.0157. The maximum absolute atomic E-state index is 12.7. The SMILES string of the molecule is OC(c1ccc(C2=NOC(O)(C(F)(F)F)C2)cc1)C1CCOCC1. The molecular weight excluding hydrogens is 327 g/mol. The monoisotopic (exact) mass is 345 g/mol. The predicted octanol–water partition coefficient (Wildman–Crippen LogP) is 2.52. The lowest BCUT2D eigenvalue weighted by Gasteiger charge is -2.27. The number of benzene rings is 1. The van der Waals surface area contributed by atoms with E-state index in [4.69, 9.17) is 4.74 Å². The van der Waals surface area contributed by atoms with Crippen molar-refractivity contribution < 1.29 is 33.0 Å². The maximum atomic E-state index is 12.7. The third kappa shape index (κ3) is 3.26. The van der Waals surface area contributed by atoms with Gasteiger partial charge in [0.05, 0.1) is 18.2 Å². The van der Waals surface area contributed by atoms with Gasteiger partial charge in [0.1, 0.15) is 0 Å². The van der Waals surface area contributed by atoms with Gasteiger partial charge < -0.3 is 19.8 Å². The first-order valence-corrected chi connectivity index (χ1v) is 7.70. The molecule has 0 spiro atoms. The van der Waals surface area contributed by atoms with Crippen LogP contribution in [0, 0.1) is 5.92 Å². The molecule has 2 aliphatic rings. The van der Waals surface area contributed by atoms with Crippen LogP contribution < -0.4 is 0 Å². The summed E-state index contributed by atoms with van der Waals surface area (Å²) in [6.07, 6.45) is -4.79. The lowest BCUT2D eigenvalue weighted by atomic mass is 9.89. The highest BCUT2D eigenvalue weighted by atomic mass is 19.4. The lowest BCUT2D eigenvalue weighted by molar-refractivity contribution is -0.355. The van der Waals surface area contributed by atoms with Crippen LogP contribution in [-0.2, 0) is 9.57 Å². The van der Waals surface area contributed by atoms with Crippen LogP contribution in [0.25, 0.3) is 0 Å². The molecule has 24 heavy (non-hydrogen) atoms. The lowest BCUT2D eigenvalue weighted by Crippen LogP contribution is -2.45. The third-order valence-electron chi connectivity index (χ3n) is 4.45. The summed E-state index contributed by atoms with van der Waals surface area (Å²) in [5.74, 6) is -3.17. The number of aliphatic hydroxyl groups is 2. The molecule has 0 saturated carbocycles. The number of hydrogen-bond donors (Lipinski definition) is 2. The van der Waals surface area contributed by atoms with Gasteiger partial charge in [-0.2, -0.15) is 13.2 Å². The van der Waals surface area contributed by atoms with Gasteiger partial charge >= 0.3 is 12.0 Å². The average Bonchev–Trinajstić information content (AvgIpc) is 2.99. The van der Waals surface area contributed by atoms with Gasteiger partial charge in [0.25, 0.3) is 0 Å². The van der Waals surface area contributed by atoms with Crippen molar-refractivity contribution in [1.82, 2.24) is 0 Å². The average molecular weight is 345 g/mol. The summed E-state index contributed by atoms with van der Waals surface area (Å²) in [5.41, 5.74) is 1.12. The quantitative estimate of drug-likeness (QED) is 0.883. The van der Waals surface area contributed by atoms with E-state index < -0.39 is 24.5 Å². The van der Waals surface area contributed by atoms with E-state index in [0.717, 1.165) is 12.8 Å². The van der Waals surface area contributed by atoms with E-state index in [1.54, 1.807) is 24.3 Å². The molecule has 2 N–H and O–H groups in total. The van der Waals surface area contributed by atoms with Crippen molar-refractivity contribution in [3.8, 4) is 0 Å². The molecule has 0 bridgehead atoms. The van der Waals surface area contributed by atoms with Crippen molar-refractivity contribution in [3.63, 3.8) is 0 Å². The zero-order valence-electron chi connectivity index (χ0n) is 12.8. The van der Waals surface area contributed by atoms with Crippen LogP contribution in [0.4, 0.5) is 13.2 Å². The molecule has 2 aliphatic heterocycles. The molecule has 1 aromatic rings. The fraction of sp³-hybridized carbons (Fsp3) is 0.562. The van der Waals surface area contributed by atoms with Crippen LogP contribution in [0.5, 0.6) is 0 Å². The van der Waals surface area contributed by atoms with Crippen LogP contribution in [0.2, 0.25) is 0 Å². The van der Waals surface area contributed by atoms with E-state index in [9.17, 15) is 23.4 Å². The topological polar surface area (TPSA) is 71.3 Å². The zero-order valence-corrected chi connectivity index (χ0v) is 12.8. The Morgan fingerprint density at radius 2 is 1.79 bits per heavy atom. The molecule has 2 atom stereocenters. The Bertz CT molecular complexity index is 611. The van der Waals surface area contributed by atoms with Crippen molar-refractivity contribution in [2.24, 2.45) is 11.1 Å². The summed E-state index contributed by atoms with van der Waals surface area (Å²) in [7, 11) is 0. The summed E-state index contributed by atoms with van der Waals surface area (Å²) < 4.78 is 43.4. The van der Waals surface area contributed by atoms with Crippen molar-refractivity contribution in [1.29, 1.82) is 0 Å². The molecule has 1 fully saturated rings. The molecule has 3 rings (SSSR count). The fourth-order valence-corrected chi connectivity index (χ4v) is 2.91. The second-order valence-electron chi connectivity index (χ2n) is 6.10. The van der Waals surface area contributed by atoms with Gasteiger partial charge in [0, 0.05) is 13.2 Å². The van der Waals surface area contributed by atoms with E-state index in [1.807, 2.05) is 0 Å². The molecule has 2 unspecified atom stereocenters. The number of rotatable bonds is 3. The Hall–Kier alpha value is -1.64. The van der Waals surface area contributed by atoms with Crippen LogP contribution in [0.15, 0.2) is 29.4 Å². The smallest absolute Gasteiger partial charge is 0.388 e. The van der Waals surface area contributed by atoms with Crippen molar-refractivity contribution in [2.45, 2.75) is 37.3 Å². The Balaban J connectivity index is 1.69. The first kappa shape index (κ1) is 17.2. The normalized spacial score (nSPS) is 26.8. The van der Waals surface area contributed by atoms with Gasteiger partial charge in [-0.25, -0.2) is 0 Å². The molecule has 0 amide bonds. The predicted molar refractivity (Wildman–Crippen MR) is 78.2 cm³/mol. The molecule has 1 aromatic carbocycles. The van der Waals surface area contributed by atoms with Crippen LogP contribution in [0.1, 0.15) is 36.5 Å². The zero-order chi connectivity index (χ0) is 17.4. The molecule has 0 aromatic heterocycles. The first-order chi connectivity index (χ1) is 11.3. The number of oxime groups is 1. The molecule has 0 radical (unpaired) electrons. The second-order valence-corrected chi connectivity index (χ2v) is 6.10. The Morgan fingerprint density at radius 3 is 2.33 bits per heavy atom. The van der Waals surface area contributed by atoms with Gasteiger partial charge in [-0.05, 0) is 29.9 Å². The highest BCUT2D eigenvalue weighted by molar-refractivity contribution is 6.01. The molecule has 2 heterocycles.